The summed E-state index contributed by atoms with van der Waals surface area (Å²) in [4.78, 5) is 19.8. The van der Waals surface area contributed by atoms with Crippen LogP contribution >= 0.6 is 11.8 Å². The fourth-order valence-electron chi connectivity index (χ4n) is 1.48. The minimum atomic E-state index is -0.402. The molecule has 2 heterocycles. The summed E-state index contributed by atoms with van der Waals surface area (Å²) in [5.41, 5.74) is 2.04. The summed E-state index contributed by atoms with van der Waals surface area (Å²) in [6.45, 7) is 0. The first kappa shape index (κ1) is 12.6. The van der Waals surface area contributed by atoms with Crippen LogP contribution in [0.15, 0.2) is 23.7 Å². The first-order valence-corrected chi connectivity index (χ1v) is 6.42. The summed E-state index contributed by atoms with van der Waals surface area (Å²) in [5, 5.41) is 7.36. The summed E-state index contributed by atoms with van der Waals surface area (Å²) < 4.78 is 4.68. The number of hydrogen-bond donors (Lipinski definition) is 1. The van der Waals surface area contributed by atoms with Crippen LogP contribution in [0.25, 0.3) is 0 Å². The van der Waals surface area contributed by atoms with E-state index in [9.17, 15) is 4.79 Å². The number of nitrogens with zero attached hydrogens (tertiary/aromatic N) is 3. The van der Waals surface area contributed by atoms with Gasteiger partial charge in [-0.1, -0.05) is 11.8 Å². The molecular weight excluding hydrogens is 252 g/mol. The van der Waals surface area contributed by atoms with E-state index in [1.807, 2.05) is 6.26 Å². The molecule has 0 amide bonds. The van der Waals surface area contributed by atoms with Gasteiger partial charge >= 0.3 is 5.97 Å². The van der Waals surface area contributed by atoms with Crippen LogP contribution in [0.2, 0.25) is 0 Å². The van der Waals surface area contributed by atoms with E-state index in [-0.39, 0.29) is 0 Å². The van der Waals surface area contributed by atoms with Gasteiger partial charge in [0.2, 0.25) is 0 Å². The topological polar surface area (TPSA) is 80.8 Å². The van der Waals surface area contributed by atoms with E-state index in [1.54, 1.807) is 12.4 Å². The number of methoxy groups -OCH3 is 1. The van der Waals surface area contributed by atoms with E-state index in [2.05, 4.69) is 24.9 Å². The third-order valence-corrected chi connectivity index (χ3v) is 2.94. The Kier molecular flexibility index (Phi) is 3.93. The third kappa shape index (κ3) is 2.67. The summed E-state index contributed by atoms with van der Waals surface area (Å²) >= 11 is 1.48. The minimum Gasteiger partial charge on any atom is -0.465 e. The van der Waals surface area contributed by atoms with Crippen LogP contribution in [0.3, 0.4) is 0 Å². The number of aromatic nitrogens is 4. The Hall–Kier alpha value is -1.89. The third-order valence-electron chi connectivity index (χ3n) is 2.37. The average Bonchev–Trinajstić information content (AvgIpc) is 2.87. The molecular formula is C11H12N4O2S. The van der Waals surface area contributed by atoms with E-state index < -0.39 is 5.97 Å². The maximum Gasteiger partial charge on any atom is 0.341 e. The average molecular weight is 264 g/mol. The molecule has 0 fully saturated rings. The SMILES string of the molecule is COC(=O)c1cn[nH]c1Cc1cnc(SC)nc1. The molecule has 1 N–H and O–H groups in total. The lowest BCUT2D eigenvalue weighted by molar-refractivity contribution is 0.0599. The van der Waals surface area contributed by atoms with Crippen molar-refractivity contribution in [2.45, 2.75) is 11.6 Å². The molecule has 7 heteroatoms. The summed E-state index contributed by atoms with van der Waals surface area (Å²) in [6.07, 6.45) is 7.36. The monoisotopic (exact) mass is 264 g/mol. The van der Waals surface area contributed by atoms with Crippen LogP contribution < -0.4 is 0 Å². The van der Waals surface area contributed by atoms with E-state index in [1.165, 1.54) is 25.1 Å². The van der Waals surface area contributed by atoms with Gasteiger partial charge in [0.05, 0.1) is 19.0 Å². The van der Waals surface area contributed by atoms with Gasteiger partial charge in [0.1, 0.15) is 5.56 Å². The Labute approximate surface area is 108 Å². The van der Waals surface area contributed by atoms with Gasteiger partial charge in [0.15, 0.2) is 5.16 Å². The second-order valence-corrected chi connectivity index (χ2v) is 4.28. The molecule has 18 heavy (non-hydrogen) atoms. The number of hydrogen-bond acceptors (Lipinski definition) is 6. The number of nitrogens with one attached hydrogen (secondary N) is 1. The fraction of sp³-hybridized carbons (Fsp3) is 0.273. The van der Waals surface area contributed by atoms with Crippen molar-refractivity contribution in [3.8, 4) is 0 Å². The number of thioether (sulfide) groups is 1. The maximum atomic E-state index is 11.5. The number of H-pyrrole nitrogens is 1. The van der Waals surface area contributed by atoms with Gasteiger partial charge in [-0.05, 0) is 11.8 Å². The van der Waals surface area contributed by atoms with E-state index in [0.717, 1.165) is 10.7 Å². The van der Waals surface area contributed by atoms with Crippen molar-refractivity contribution in [3.63, 3.8) is 0 Å². The minimum absolute atomic E-state index is 0.402. The highest BCUT2D eigenvalue weighted by Gasteiger charge is 2.14. The van der Waals surface area contributed by atoms with Gasteiger partial charge in [-0.2, -0.15) is 5.10 Å². The van der Waals surface area contributed by atoms with Crippen molar-refractivity contribution in [1.82, 2.24) is 20.2 Å². The molecule has 0 aromatic carbocycles. The number of ether oxygens (including phenoxy) is 1. The Morgan fingerprint density at radius 3 is 2.72 bits per heavy atom. The van der Waals surface area contributed by atoms with Crippen LogP contribution in [-0.2, 0) is 11.2 Å². The number of carbonyl (C=O) groups excluding carboxylic acids is 1. The largest absolute Gasteiger partial charge is 0.465 e. The molecule has 0 atom stereocenters. The highest BCUT2D eigenvalue weighted by atomic mass is 32.2. The molecule has 0 bridgehead atoms. The molecule has 6 nitrogen and oxygen atoms in total. The Bertz CT molecular complexity index is 538. The van der Waals surface area contributed by atoms with Crippen LogP contribution in [-0.4, -0.2) is 39.5 Å². The van der Waals surface area contributed by atoms with Gasteiger partial charge in [-0.15, -0.1) is 0 Å². The van der Waals surface area contributed by atoms with E-state index >= 15 is 0 Å². The molecule has 0 aliphatic heterocycles. The maximum absolute atomic E-state index is 11.5. The summed E-state index contributed by atoms with van der Waals surface area (Å²) in [7, 11) is 1.34. The van der Waals surface area contributed by atoms with Gasteiger partial charge < -0.3 is 4.74 Å². The van der Waals surface area contributed by atoms with Crippen molar-refractivity contribution in [2.24, 2.45) is 0 Å². The standard InChI is InChI=1S/C11H12N4O2S/c1-17-10(16)8-6-14-15-9(8)3-7-4-12-11(18-2)13-5-7/h4-6H,3H2,1-2H3,(H,14,15). The number of carbonyl (C=O) groups is 1. The van der Waals surface area contributed by atoms with Crippen molar-refractivity contribution in [2.75, 3.05) is 13.4 Å². The quantitative estimate of drug-likeness (QED) is 0.509. The highest BCUT2D eigenvalue weighted by molar-refractivity contribution is 7.98. The molecule has 0 spiro atoms. The van der Waals surface area contributed by atoms with E-state index in [4.69, 9.17) is 0 Å². The lowest BCUT2D eigenvalue weighted by Crippen LogP contribution is -2.04. The Balaban J connectivity index is 2.18. The highest BCUT2D eigenvalue weighted by Crippen LogP contribution is 2.13. The zero-order valence-electron chi connectivity index (χ0n) is 10.0. The molecule has 0 saturated carbocycles. The van der Waals surface area contributed by atoms with Crippen LogP contribution in [0.5, 0.6) is 0 Å². The van der Waals surface area contributed by atoms with Gasteiger partial charge in [0, 0.05) is 18.8 Å². The smallest absolute Gasteiger partial charge is 0.341 e. The van der Waals surface area contributed by atoms with E-state index in [0.29, 0.717) is 17.7 Å². The fourth-order valence-corrected chi connectivity index (χ4v) is 1.79. The number of esters is 1. The Morgan fingerprint density at radius 2 is 2.11 bits per heavy atom. The second-order valence-electron chi connectivity index (χ2n) is 3.51. The lowest BCUT2D eigenvalue weighted by Gasteiger charge is -2.02. The van der Waals surface area contributed by atoms with Gasteiger partial charge in [-0.25, -0.2) is 14.8 Å². The lowest BCUT2D eigenvalue weighted by atomic mass is 10.1. The molecule has 2 aromatic heterocycles. The molecule has 0 unspecified atom stereocenters. The number of aromatic amines is 1. The molecule has 94 valence electrons. The van der Waals surface area contributed by atoms with Crippen LogP contribution in [0.4, 0.5) is 0 Å². The normalized spacial score (nSPS) is 10.3. The number of rotatable bonds is 4. The van der Waals surface area contributed by atoms with Crippen molar-refractivity contribution >= 4 is 17.7 Å². The molecule has 2 rings (SSSR count). The van der Waals surface area contributed by atoms with Crippen molar-refractivity contribution < 1.29 is 9.53 Å². The Morgan fingerprint density at radius 1 is 1.39 bits per heavy atom. The molecule has 0 aliphatic rings. The zero-order valence-corrected chi connectivity index (χ0v) is 10.8. The van der Waals surface area contributed by atoms with Crippen LogP contribution in [0.1, 0.15) is 21.6 Å². The first-order valence-electron chi connectivity index (χ1n) is 5.20. The summed E-state index contributed by atoms with van der Waals surface area (Å²) in [5.74, 6) is -0.402. The summed E-state index contributed by atoms with van der Waals surface area (Å²) in [6, 6.07) is 0. The predicted molar refractivity (Wildman–Crippen MR) is 66.5 cm³/mol. The molecule has 0 saturated heterocycles. The zero-order chi connectivity index (χ0) is 13.0. The van der Waals surface area contributed by atoms with Crippen molar-refractivity contribution in [3.05, 3.63) is 35.4 Å². The van der Waals surface area contributed by atoms with Crippen LogP contribution in [0, 0.1) is 0 Å². The molecule has 0 aliphatic carbocycles. The van der Waals surface area contributed by atoms with Gasteiger partial charge in [-0.3, -0.25) is 5.10 Å². The second kappa shape index (κ2) is 5.63. The molecule has 0 radical (unpaired) electrons. The van der Waals surface area contributed by atoms with Crippen molar-refractivity contribution in [1.29, 1.82) is 0 Å². The predicted octanol–water partition coefficient (Wildman–Crippen LogP) is 1.30. The van der Waals surface area contributed by atoms with Gasteiger partial charge in [0.25, 0.3) is 0 Å². The molecule has 2 aromatic rings. The first-order chi connectivity index (χ1) is 8.74.